The molecule has 1 unspecified atom stereocenters. The Morgan fingerprint density at radius 3 is 2.53 bits per heavy atom. The number of benzene rings is 1. The van der Waals surface area contributed by atoms with Gasteiger partial charge in [-0.15, -0.1) is 11.3 Å². The molecule has 1 heterocycles. The SMILES string of the molecule is CCC(N)(Cc1csc(C)n1)c1ccccc1. The number of hydrogen-bond acceptors (Lipinski definition) is 3. The van der Waals surface area contributed by atoms with Crippen LogP contribution in [0.2, 0.25) is 0 Å². The van der Waals surface area contributed by atoms with Gasteiger partial charge in [-0.25, -0.2) is 4.98 Å². The van der Waals surface area contributed by atoms with E-state index in [1.165, 1.54) is 5.56 Å². The Kier molecular flexibility index (Phi) is 3.60. The molecule has 0 fully saturated rings. The fraction of sp³-hybridized carbons (Fsp3) is 0.357. The maximum Gasteiger partial charge on any atom is 0.0897 e. The Hall–Kier alpha value is -1.19. The van der Waals surface area contributed by atoms with Crippen molar-refractivity contribution in [2.24, 2.45) is 5.73 Å². The average molecular weight is 246 g/mol. The van der Waals surface area contributed by atoms with E-state index < -0.39 is 0 Å². The van der Waals surface area contributed by atoms with E-state index in [0.717, 1.165) is 23.5 Å². The van der Waals surface area contributed by atoms with E-state index in [-0.39, 0.29) is 5.54 Å². The smallest absolute Gasteiger partial charge is 0.0897 e. The summed E-state index contributed by atoms with van der Waals surface area (Å²) in [6.07, 6.45) is 1.71. The topological polar surface area (TPSA) is 38.9 Å². The van der Waals surface area contributed by atoms with Crippen LogP contribution in [0, 0.1) is 6.92 Å². The predicted octanol–water partition coefficient (Wildman–Crippen LogP) is 3.26. The molecule has 3 heteroatoms. The van der Waals surface area contributed by atoms with Crippen molar-refractivity contribution in [3.63, 3.8) is 0 Å². The molecule has 0 bridgehead atoms. The summed E-state index contributed by atoms with van der Waals surface area (Å²) >= 11 is 1.68. The van der Waals surface area contributed by atoms with Crippen molar-refractivity contribution >= 4 is 11.3 Å². The maximum absolute atomic E-state index is 6.52. The van der Waals surface area contributed by atoms with Crippen LogP contribution in [-0.2, 0) is 12.0 Å². The molecule has 2 N–H and O–H groups in total. The minimum absolute atomic E-state index is 0.304. The first kappa shape index (κ1) is 12.3. The number of thiazole rings is 1. The number of nitrogens with two attached hydrogens (primary N) is 1. The predicted molar refractivity (Wildman–Crippen MR) is 73.2 cm³/mol. The quantitative estimate of drug-likeness (QED) is 0.899. The van der Waals surface area contributed by atoms with Crippen LogP contribution in [0.15, 0.2) is 35.7 Å². The second-order valence-corrected chi connectivity index (χ2v) is 5.47. The van der Waals surface area contributed by atoms with Gasteiger partial charge in [0.25, 0.3) is 0 Å². The summed E-state index contributed by atoms with van der Waals surface area (Å²) in [6, 6.07) is 10.3. The largest absolute Gasteiger partial charge is 0.321 e. The van der Waals surface area contributed by atoms with Gasteiger partial charge in [0.1, 0.15) is 0 Å². The van der Waals surface area contributed by atoms with Crippen LogP contribution < -0.4 is 5.73 Å². The fourth-order valence-corrected chi connectivity index (χ4v) is 2.63. The molecular formula is C14H18N2S. The Morgan fingerprint density at radius 1 is 1.29 bits per heavy atom. The second-order valence-electron chi connectivity index (χ2n) is 4.41. The summed E-state index contributed by atoms with van der Waals surface area (Å²) in [4.78, 5) is 4.51. The van der Waals surface area contributed by atoms with Crippen LogP contribution in [0.3, 0.4) is 0 Å². The van der Waals surface area contributed by atoms with Crippen LogP contribution in [0.4, 0.5) is 0 Å². The van der Waals surface area contributed by atoms with Crippen molar-refractivity contribution in [3.8, 4) is 0 Å². The molecule has 2 nitrogen and oxygen atoms in total. The summed E-state index contributed by atoms with van der Waals surface area (Å²) in [6.45, 7) is 4.16. The third kappa shape index (κ3) is 2.73. The highest BCUT2D eigenvalue weighted by Crippen LogP contribution is 2.26. The lowest BCUT2D eigenvalue weighted by Gasteiger charge is -2.28. The zero-order valence-corrected chi connectivity index (χ0v) is 11.1. The Bertz CT molecular complexity index is 478. The molecule has 1 aromatic carbocycles. The van der Waals surface area contributed by atoms with Gasteiger partial charge in [0.15, 0.2) is 0 Å². The minimum Gasteiger partial charge on any atom is -0.321 e. The Labute approximate surface area is 107 Å². The first-order valence-electron chi connectivity index (χ1n) is 5.89. The van der Waals surface area contributed by atoms with Crippen LogP contribution in [0.5, 0.6) is 0 Å². The van der Waals surface area contributed by atoms with Crippen molar-refractivity contribution in [1.29, 1.82) is 0 Å². The summed E-state index contributed by atoms with van der Waals surface area (Å²) in [5, 5.41) is 3.21. The highest BCUT2D eigenvalue weighted by atomic mass is 32.1. The molecule has 0 saturated heterocycles. The third-order valence-corrected chi connectivity index (χ3v) is 3.97. The zero-order valence-electron chi connectivity index (χ0n) is 10.3. The minimum atomic E-state index is -0.304. The molecular weight excluding hydrogens is 228 g/mol. The maximum atomic E-state index is 6.52. The molecule has 0 spiro atoms. The summed E-state index contributed by atoms with van der Waals surface area (Å²) in [5.41, 5.74) is 8.51. The van der Waals surface area contributed by atoms with Crippen molar-refractivity contribution in [2.45, 2.75) is 32.2 Å². The van der Waals surface area contributed by atoms with Gasteiger partial charge in [-0.3, -0.25) is 0 Å². The molecule has 0 saturated carbocycles. The van der Waals surface area contributed by atoms with Gasteiger partial charge in [0, 0.05) is 17.3 Å². The summed E-state index contributed by atoms with van der Waals surface area (Å²) in [5.74, 6) is 0. The van der Waals surface area contributed by atoms with Gasteiger partial charge in [-0.2, -0.15) is 0 Å². The van der Waals surface area contributed by atoms with Crippen LogP contribution in [-0.4, -0.2) is 4.98 Å². The van der Waals surface area contributed by atoms with Crippen molar-refractivity contribution < 1.29 is 0 Å². The second kappa shape index (κ2) is 4.98. The molecule has 0 aliphatic heterocycles. The number of aryl methyl sites for hydroxylation is 1. The normalized spacial score (nSPS) is 14.5. The molecule has 0 aliphatic rings. The van der Waals surface area contributed by atoms with E-state index in [9.17, 15) is 0 Å². The number of aromatic nitrogens is 1. The highest BCUT2D eigenvalue weighted by Gasteiger charge is 2.26. The molecule has 17 heavy (non-hydrogen) atoms. The molecule has 1 aromatic heterocycles. The monoisotopic (exact) mass is 246 g/mol. The van der Waals surface area contributed by atoms with Gasteiger partial charge in [0.05, 0.1) is 10.7 Å². The Balaban J connectivity index is 2.26. The first-order valence-corrected chi connectivity index (χ1v) is 6.77. The van der Waals surface area contributed by atoms with Gasteiger partial charge in [-0.05, 0) is 18.9 Å². The number of rotatable bonds is 4. The van der Waals surface area contributed by atoms with Gasteiger partial charge >= 0.3 is 0 Å². The number of nitrogens with zero attached hydrogens (tertiary/aromatic N) is 1. The van der Waals surface area contributed by atoms with Crippen molar-refractivity contribution in [2.75, 3.05) is 0 Å². The Morgan fingerprint density at radius 2 is 2.00 bits per heavy atom. The first-order chi connectivity index (χ1) is 8.14. The van der Waals surface area contributed by atoms with Gasteiger partial charge < -0.3 is 5.73 Å². The van der Waals surface area contributed by atoms with E-state index in [2.05, 4.69) is 29.4 Å². The van der Waals surface area contributed by atoms with Gasteiger partial charge in [0.2, 0.25) is 0 Å². The van der Waals surface area contributed by atoms with Crippen molar-refractivity contribution in [1.82, 2.24) is 4.98 Å². The summed E-state index contributed by atoms with van der Waals surface area (Å²) in [7, 11) is 0. The molecule has 1 atom stereocenters. The van der Waals surface area contributed by atoms with Crippen LogP contribution >= 0.6 is 11.3 Å². The molecule has 2 aromatic rings. The zero-order chi connectivity index (χ0) is 12.3. The van der Waals surface area contributed by atoms with Gasteiger partial charge in [-0.1, -0.05) is 37.3 Å². The van der Waals surface area contributed by atoms with Crippen molar-refractivity contribution in [3.05, 3.63) is 52.0 Å². The van der Waals surface area contributed by atoms with Crippen LogP contribution in [0.1, 0.15) is 29.6 Å². The lowest BCUT2D eigenvalue weighted by atomic mass is 9.84. The highest BCUT2D eigenvalue weighted by molar-refractivity contribution is 7.09. The molecule has 0 aliphatic carbocycles. The summed E-state index contributed by atoms with van der Waals surface area (Å²) < 4.78 is 0. The van der Waals surface area contributed by atoms with E-state index >= 15 is 0 Å². The van der Waals surface area contributed by atoms with E-state index in [1.807, 2.05) is 25.1 Å². The van der Waals surface area contributed by atoms with E-state index in [1.54, 1.807) is 11.3 Å². The van der Waals surface area contributed by atoms with E-state index in [4.69, 9.17) is 5.73 Å². The lowest BCUT2D eigenvalue weighted by Crippen LogP contribution is -2.38. The van der Waals surface area contributed by atoms with Crippen LogP contribution in [0.25, 0.3) is 0 Å². The number of hydrogen-bond donors (Lipinski definition) is 1. The fourth-order valence-electron chi connectivity index (χ4n) is 2.01. The average Bonchev–Trinajstić information content (AvgIpc) is 2.75. The molecule has 2 rings (SSSR count). The standard InChI is InChI=1S/C14H18N2S/c1-3-14(15,12-7-5-4-6-8-12)9-13-10-17-11(2)16-13/h4-8,10H,3,9,15H2,1-2H3. The third-order valence-electron chi connectivity index (χ3n) is 3.14. The lowest BCUT2D eigenvalue weighted by molar-refractivity contribution is 0.421. The molecule has 0 radical (unpaired) electrons. The molecule has 0 amide bonds. The molecule has 90 valence electrons. The van der Waals surface area contributed by atoms with E-state index in [0.29, 0.717) is 0 Å².